The number of aromatic nitrogens is 2. The SMILES string of the molecule is CCN1CCC(CNC(=NC)N2CCOC(c3cnn(C)c3)C2)C1. The van der Waals surface area contributed by atoms with Crippen molar-refractivity contribution < 1.29 is 4.74 Å². The first-order valence-electron chi connectivity index (χ1n) is 8.97. The predicted octanol–water partition coefficient (Wildman–Crippen LogP) is 0.711. The molecule has 2 aliphatic heterocycles. The number of nitrogens with one attached hydrogen (secondary N) is 1. The van der Waals surface area contributed by atoms with Crippen LogP contribution in [0.5, 0.6) is 0 Å². The standard InChI is InChI=1S/C17H30N6O/c1-4-22-6-5-14(11-22)9-19-17(18-2)23-7-8-24-16(13-23)15-10-20-21(3)12-15/h10,12,14,16H,4-9,11,13H2,1-3H3,(H,18,19). The molecule has 1 aromatic heterocycles. The third-order valence-corrected chi connectivity index (χ3v) is 5.04. The summed E-state index contributed by atoms with van der Waals surface area (Å²) in [6, 6.07) is 0. The lowest BCUT2D eigenvalue weighted by atomic mass is 10.1. The van der Waals surface area contributed by atoms with Gasteiger partial charge in [-0.05, 0) is 25.4 Å². The third kappa shape index (κ3) is 4.08. The highest BCUT2D eigenvalue weighted by Gasteiger charge is 2.26. The molecule has 2 saturated heterocycles. The molecule has 0 aromatic carbocycles. The molecular formula is C17H30N6O. The number of hydrogen-bond donors (Lipinski definition) is 1. The zero-order valence-corrected chi connectivity index (χ0v) is 15.1. The molecule has 134 valence electrons. The molecule has 3 rings (SSSR count). The molecule has 7 heteroatoms. The maximum atomic E-state index is 5.92. The van der Waals surface area contributed by atoms with E-state index in [1.165, 1.54) is 19.5 Å². The summed E-state index contributed by atoms with van der Waals surface area (Å²) in [5, 5.41) is 7.83. The number of guanidine groups is 1. The van der Waals surface area contributed by atoms with Crippen molar-refractivity contribution in [1.29, 1.82) is 0 Å². The molecule has 0 bridgehead atoms. The quantitative estimate of drug-likeness (QED) is 0.649. The number of likely N-dealkylation sites (tertiary alicyclic amines) is 1. The second-order valence-electron chi connectivity index (χ2n) is 6.73. The van der Waals surface area contributed by atoms with E-state index in [1.54, 1.807) is 0 Å². The number of hydrogen-bond acceptors (Lipinski definition) is 4. The molecule has 1 N–H and O–H groups in total. The number of aliphatic imine (C=N–C) groups is 1. The monoisotopic (exact) mass is 334 g/mol. The van der Waals surface area contributed by atoms with Crippen molar-refractivity contribution in [3.8, 4) is 0 Å². The second kappa shape index (κ2) is 7.98. The molecule has 1 aromatic rings. The first-order chi connectivity index (χ1) is 11.7. The van der Waals surface area contributed by atoms with Gasteiger partial charge in [-0.3, -0.25) is 9.67 Å². The Morgan fingerprint density at radius 1 is 1.42 bits per heavy atom. The Labute approximate surface area is 144 Å². The lowest BCUT2D eigenvalue weighted by molar-refractivity contribution is -0.00807. The molecule has 0 radical (unpaired) electrons. The maximum absolute atomic E-state index is 5.92. The summed E-state index contributed by atoms with van der Waals surface area (Å²) in [6.45, 7) is 9.22. The lowest BCUT2D eigenvalue weighted by Crippen LogP contribution is -2.49. The van der Waals surface area contributed by atoms with Gasteiger partial charge in [0.2, 0.25) is 0 Å². The van der Waals surface area contributed by atoms with Crippen LogP contribution in [0.1, 0.15) is 25.0 Å². The van der Waals surface area contributed by atoms with Crippen molar-refractivity contribution in [1.82, 2.24) is 24.9 Å². The number of morpholine rings is 1. The Morgan fingerprint density at radius 3 is 2.96 bits per heavy atom. The first kappa shape index (κ1) is 17.2. The molecule has 0 amide bonds. The van der Waals surface area contributed by atoms with Crippen LogP contribution in [0.4, 0.5) is 0 Å². The number of ether oxygens (including phenoxy) is 1. The Hall–Kier alpha value is -1.60. The summed E-state index contributed by atoms with van der Waals surface area (Å²) in [6.07, 6.45) is 5.26. The highest BCUT2D eigenvalue weighted by molar-refractivity contribution is 5.80. The van der Waals surface area contributed by atoms with Crippen molar-refractivity contribution in [2.24, 2.45) is 18.0 Å². The normalized spacial score (nSPS) is 26.1. The third-order valence-electron chi connectivity index (χ3n) is 5.04. The lowest BCUT2D eigenvalue weighted by Gasteiger charge is -2.35. The van der Waals surface area contributed by atoms with E-state index in [0.29, 0.717) is 6.61 Å². The largest absolute Gasteiger partial charge is 0.370 e. The average Bonchev–Trinajstić information content (AvgIpc) is 3.24. The zero-order valence-electron chi connectivity index (χ0n) is 15.1. The van der Waals surface area contributed by atoms with Gasteiger partial charge in [-0.15, -0.1) is 0 Å². The van der Waals surface area contributed by atoms with E-state index >= 15 is 0 Å². The van der Waals surface area contributed by atoms with Crippen molar-refractivity contribution in [2.45, 2.75) is 19.4 Å². The predicted molar refractivity (Wildman–Crippen MR) is 95.1 cm³/mol. The van der Waals surface area contributed by atoms with Gasteiger partial charge in [0.1, 0.15) is 6.10 Å². The summed E-state index contributed by atoms with van der Waals surface area (Å²) in [7, 11) is 3.80. The molecule has 7 nitrogen and oxygen atoms in total. The highest BCUT2D eigenvalue weighted by Crippen LogP contribution is 2.22. The molecule has 24 heavy (non-hydrogen) atoms. The van der Waals surface area contributed by atoms with Gasteiger partial charge in [0, 0.05) is 45.5 Å². The van der Waals surface area contributed by atoms with Gasteiger partial charge < -0.3 is 19.9 Å². The van der Waals surface area contributed by atoms with E-state index in [0.717, 1.165) is 43.6 Å². The van der Waals surface area contributed by atoms with Crippen LogP contribution in [0.3, 0.4) is 0 Å². The van der Waals surface area contributed by atoms with Crippen molar-refractivity contribution >= 4 is 5.96 Å². The van der Waals surface area contributed by atoms with Gasteiger partial charge in [-0.2, -0.15) is 5.10 Å². The molecule has 2 atom stereocenters. The minimum Gasteiger partial charge on any atom is -0.370 e. The van der Waals surface area contributed by atoms with Crippen LogP contribution in [0.15, 0.2) is 17.4 Å². The van der Waals surface area contributed by atoms with Gasteiger partial charge >= 0.3 is 0 Å². The summed E-state index contributed by atoms with van der Waals surface area (Å²) < 4.78 is 7.75. The Kier molecular flexibility index (Phi) is 5.73. The minimum absolute atomic E-state index is 0.0630. The van der Waals surface area contributed by atoms with Gasteiger partial charge in [0.05, 0.1) is 19.3 Å². The molecule has 0 saturated carbocycles. The van der Waals surface area contributed by atoms with Crippen LogP contribution >= 0.6 is 0 Å². The zero-order chi connectivity index (χ0) is 16.9. The van der Waals surface area contributed by atoms with Crippen LogP contribution in [0.2, 0.25) is 0 Å². The first-order valence-corrected chi connectivity index (χ1v) is 8.97. The Bertz CT molecular complexity index is 557. The van der Waals surface area contributed by atoms with E-state index in [2.05, 4.69) is 32.1 Å². The van der Waals surface area contributed by atoms with E-state index < -0.39 is 0 Å². The van der Waals surface area contributed by atoms with Gasteiger partial charge in [0.25, 0.3) is 0 Å². The minimum atomic E-state index is 0.0630. The fraction of sp³-hybridized carbons (Fsp3) is 0.765. The molecule has 0 spiro atoms. The number of aryl methyl sites for hydroxylation is 1. The Balaban J connectivity index is 1.53. The second-order valence-corrected chi connectivity index (χ2v) is 6.73. The van der Waals surface area contributed by atoms with Crippen LogP contribution in [0.25, 0.3) is 0 Å². The summed E-state index contributed by atoms with van der Waals surface area (Å²) in [4.78, 5) is 9.30. The summed E-state index contributed by atoms with van der Waals surface area (Å²) in [5.41, 5.74) is 1.13. The number of rotatable bonds is 4. The van der Waals surface area contributed by atoms with Gasteiger partial charge in [0.15, 0.2) is 5.96 Å². The highest BCUT2D eigenvalue weighted by atomic mass is 16.5. The van der Waals surface area contributed by atoms with E-state index in [-0.39, 0.29) is 6.10 Å². The molecule has 2 fully saturated rings. The molecule has 3 heterocycles. The summed E-state index contributed by atoms with van der Waals surface area (Å²) >= 11 is 0. The van der Waals surface area contributed by atoms with Crippen molar-refractivity contribution in [2.75, 3.05) is 52.9 Å². The molecular weight excluding hydrogens is 304 g/mol. The molecule has 2 unspecified atom stereocenters. The van der Waals surface area contributed by atoms with Crippen LogP contribution in [0, 0.1) is 5.92 Å². The van der Waals surface area contributed by atoms with E-state index in [9.17, 15) is 0 Å². The fourth-order valence-electron chi connectivity index (χ4n) is 3.58. The smallest absolute Gasteiger partial charge is 0.193 e. The van der Waals surface area contributed by atoms with E-state index in [1.807, 2.05) is 31.2 Å². The average molecular weight is 334 g/mol. The molecule has 0 aliphatic carbocycles. The van der Waals surface area contributed by atoms with Crippen LogP contribution < -0.4 is 5.32 Å². The number of nitrogens with zero attached hydrogens (tertiary/aromatic N) is 5. The maximum Gasteiger partial charge on any atom is 0.193 e. The van der Waals surface area contributed by atoms with Crippen molar-refractivity contribution in [3.05, 3.63) is 18.0 Å². The van der Waals surface area contributed by atoms with Crippen LogP contribution in [-0.2, 0) is 11.8 Å². The topological polar surface area (TPSA) is 57.9 Å². The fourth-order valence-corrected chi connectivity index (χ4v) is 3.58. The van der Waals surface area contributed by atoms with Gasteiger partial charge in [-0.25, -0.2) is 0 Å². The molecule has 2 aliphatic rings. The Morgan fingerprint density at radius 2 is 2.29 bits per heavy atom. The van der Waals surface area contributed by atoms with Crippen molar-refractivity contribution in [3.63, 3.8) is 0 Å². The summed E-state index contributed by atoms with van der Waals surface area (Å²) in [5.74, 6) is 1.71. The van der Waals surface area contributed by atoms with Gasteiger partial charge in [-0.1, -0.05) is 6.92 Å². The van der Waals surface area contributed by atoms with Crippen LogP contribution in [-0.4, -0.2) is 78.5 Å². The van der Waals surface area contributed by atoms with E-state index in [4.69, 9.17) is 4.74 Å².